The van der Waals surface area contributed by atoms with E-state index in [-0.39, 0.29) is 0 Å². The van der Waals surface area contributed by atoms with Crippen molar-refractivity contribution in [1.82, 2.24) is 0 Å². The number of carbonyl (C=O) groups excluding carboxylic acids is 1. The molecule has 0 spiro atoms. The highest BCUT2D eigenvalue weighted by atomic mass is 16.6. The minimum absolute atomic E-state index is 0.395. The largest absolute Gasteiger partial charge is 0.493 e. The molecular weight excluding hydrogens is 350 g/mol. The van der Waals surface area contributed by atoms with E-state index in [0.717, 1.165) is 24.1 Å². The minimum atomic E-state index is -0.396. The molecule has 1 aliphatic rings. The molecule has 1 atom stereocenters. The van der Waals surface area contributed by atoms with Crippen molar-refractivity contribution in [3.63, 3.8) is 0 Å². The first-order valence-electron chi connectivity index (χ1n) is 8.63. The third kappa shape index (κ3) is 3.64. The van der Waals surface area contributed by atoms with E-state index >= 15 is 0 Å². The summed E-state index contributed by atoms with van der Waals surface area (Å²) in [6, 6.07) is 9.47. The fourth-order valence-electron chi connectivity index (χ4n) is 3.24. The maximum Gasteiger partial charge on any atom is 0.347 e. The van der Waals surface area contributed by atoms with Crippen LogP contribution in [0.2, 0.25) is 0 Å². The lowest BCUT2D eigenvalue weighted by Gasteiger charge is -2.12. The molecule has 0 fully saturated rings. The second-order valence-electron chi connectivity index (χ2n) is 6.05. The van der Waals surface area contributed by atoms with E-state index in [4.69, 9.17) is 23.7 Å². The molecule has 2 N–H and O–H groups in total. The van der Waals surface area contributed by atoms with Crippen LogP contribution in [0, 0.1) is 0 Å². The molecule has 0 saturated heterocycles. The number of fused-ring (bicyclic) bond motifs is 1. The normalized spacial score (nSPS) is 15.1. The summed E-state index contributed by atoms with van der Waals surface area (Å²) in [7, 11) is 6.28. The van der Waals surface area contributed by atoms with Crippen molar-refractivity contribution in [2.75, 3.05) is 35.0 Å². The average molecular weight is 374 g/mol. The maximum absolute atomic E-state index is 12.3. The summed E-state index contributed by atoms with van der Waals surface area (Å²) in [6.45, 7) is 0.737. The van der Waals surface area contributed by atoms with E-state index in [9.17, 15) is 4.79 Å². The molecule has 2 aromatic rings. The number of benzene rings is 2. The van der Waals surface area contributed by atoms with Crippen LogP contribution < -0.4 is 24.3 Å². The fraction of sp³-hybridized carbons (Fsp3) is 0.350. The monoisotopic (exact) mass is 374 g/mol. The van der Waals surface area contributed by atoms with Gasteiger partial charge in [0.15, 0.2) is 23.0 Å². The summed E-state index contributed by atoms with van der Waals surface area (Å²) in [6.07, 6.45) is 0.393. The number of cyclic esters (lactones) is 1. The molecule has 0 unspecified atom stereocenters. The highest BCUT2D eigenvalue weighted by Crippen LogP contribution is 2.39. The van der Waals surface area contributed by atoms with Crippen LogP contribution in [0.15, 0.2) is 30.3 Å². The predicted octanol–water partition coefficient (Wildman–Crippen LogP) is 1.70. The van der Waals surface area contributed by atoms with Gasteiger partial charge >= 0.3 is 5.97 Å². The quantitative estimate of drug-likeness (QED) is 0.709. The Morgan fingerprint density at radius 3 is 2.30 bits per heavy atom. The van der Waals surface area contributed by atoms with E-state index in [2.05, 4.69) is 0 Å². The molecule has 7 nitrogen and oxygen atoms in total. The fourth-order valence-corrected chi connectivity index (χ4v) is 3.24. The number of methoxy groups -OCH3 is 4. The van der Waals surface area contributed by atoms with E-state index in [1.807, 2.05) is 29.6 Å². The topological polar surface area (TPSA) is 79.8 Å². The maximum atomic E-state index is 12.3. The zero-order chi connectivity index (χ0) is 19.4. The summed E-state index contributed by atoms with van der Waals surface area (Å²) in [5, 5.41) is 1.99. The molecule has 3 rings (SSSR count). The molecule has 2 aromatic carbocycles. The van der Waals surface area contributed by atoms with Gasteiger partial charge in [0, 0.05) is 6.42 Å². The number of quaternary nitrogens is 1. The van der Waals surface area contributed by atoms with Gasteiger partial charge in [-0.2, -0.15) is 0 Å². The van der Waals surface area contributed by atoms with Gasteiger partial charge in [-0.05, 0) is 29.8 Å². The lowest BCUT2D eigenvalue weighted by Crippen LogP contribution is -2.85. The van der Waals surface area contributed by atoms with Crippen LogP contribution >= 0.6 is 0 Å². The summed E-state index contributed by atoms with van der Waals surface area (Å²) < 4.78 is 26.7. The number of hydrogen-bond acceptors (Lipinski definition) is 6. The number of ether oxygens (including phenoxy) is 5. The molecule has 1 heterocycles. The minimum Gasteiger partial charge on any atom is -0.493 e. The van der Waals surface area contributed by atoms with Crippen LogP contribution in [0.3, 0.4) is 0 Å². The Morgan fingerprint density at radius 1 is 0.926 bits per heavy atom. The smallest absolute Gasteiger partial charge is 0.347 e. The van der Waals surface area contributed by atoms with Gasteiger partial charge in [-0.25, -0.2) is 4.79 Å². The van der Waals surface area contributed by atoms with Gasteiger partial charge in [0.2, 0.25) is 0 Å². The van der Waals surface area contributed by atoms with Crippen molar-refractivity contribution < 1.29 is 33.8 Å². The van der Waals surface area contributed by atoms with Crippen molar-refractivity contribution in [2.45, 2.75) is 12.6 Å². The summed E-state index contributed by atoms with van der Waals surface area (Å²) in [5.74, 6) is 1.93. The molecule has 0 saturated carbocycles. The van der Waals surface area contributed by atoms with E-state index in [1.165, 1.54) is 14.2 Å². The predicted molar refractivity (Wildman–Crippen MR) is 97.7 cm³/mol. The van der Waals surface area contributed by atoms with Gasteiger partial charge < -0.3 is 29.0 Å². The summed E-state index contributed by atoms with van der Waals surface area (Å²) in [5.41, 5.74) is 2.34. The summed E-state index contributed by atoms with van der Waals surface area (Å²) >= 11 is 0. The van der Waals surface area contributed by atoms with Crippen LogP contribution in [-0.4, -0.2) is 41.0 Å². The Labute approximate surface area is 158 Å². The number of carbonyl (C=O) groups is 1. The van der Waals surface area contributed by atoms with Crippen molar-refractivity contribution in [1.29, 1.82) is 0 Å². The molecule has 144 valence electrons. The Hall–Kier alpha value is -2.93. The van der Waals surface area contributed by atoms with Gasteiger partial charge in [-0.15, -0.1) is 0 Å². The van der Waals surface area contributed by atoms with Crippen LogP contribution in [0.1, 0.15) is 27.7 Å². The summed E-state index contributed by atoms with van der Waals surface area (Å²) in [4.78, 5) is 12.3. The zero-order valence-electron chi connectivity index (χ0n) is 15.9. The second-order valence-corrected chi connectivity index (χ2v) is 6.05. The van der Waals surface area contributed by atoms with Gasteiger partial charge in [-0.3, -0.25) is 0 Å². The van der Waals surface area contributed by atoms with Crippen LogP contribution in [0.25, 0.3) is 0 Å². The molecule has 27 heavy (non-hydrogen) atoms. The first kappa shape index (κ1) is 18.8. The van der Waals surface area contributed by atoms with Crippen LogP contribution in [0.4, 0.5) is 0 Å². The first-order valence-corrected chi connectivity index (χ1v) is 8.63. The van der Waals surface area contributed by atoms with Gasteiger partial charge in [0.05, 0.1) is 40.5 Å². The molecule has 0 aromatic heterocycles. The standard InChI is InChI=1S/C20H23NO6/c1-23-14-7-5-12(11-16(14)25-3)9-10-21-19-13-6-8-15(24-2)18(26-4)17(13)20(22)27-19/h5-8,11,19,21H,9-10H2,1-4H3/p+1/t19-/m0/s1. The average Bonchev–Trinajstić information content (AvgIpc) is 3.02. The van der Waals surface area contributed by atoms with Crippen LogP contribution in [-0.2, 0) is 11.2 Å². The van der Waals surface area contributed by atoms with Crippen molar-refractivity contribution in [3.8, 4) is 23.0 Å². The lowest BCUT2D eigenvalue weighted by atomic mass is 10.1. The third-order valence-electron chi connectivity index (χ3n) is 4.58. The number of rotatable bonds is 8. The molecular formula is C20H24NO6+. The molecule has 1 aliphatic heterocycles. The lowest BCUT2D eigenvalue weighted by molar-refractivity contribution is -0.727. The molecule has 0 bridgehead atoms. The highest BCUT2D eigenvalue weighted by Gasteiger charge is 2.37. The number of esters is 1. The van der Waals surface area contributed by atoms with Crippen molar-refractivity contribution >= 4 is 5.97 Å². The van der Waals surface area contributed by atoms with E-state index in [1.54, 1.807) is 20.3 Å². The van der Waals surface area contributed by atoms with Gasteiger partial charge in [-0.1, -0.05) is 6.07 Å². The number of nitrogens with two attached hydrogens (primary N) is 1. The SMILES string of the molecule is COc1ccc(CC[NH2+][C@H]2OC(=O)c3c2ccc(OC)c3OC)cc1OC. The third-order valence-corrected chi connectivity index (χ3v) is 4.58. The molecule has 0 amide bonds. The Balaban J connectivity index is 1.70. The Kier molecular flexibility index (Phi) is 5.71. The Morgan fingerprint density at radius 2 is 1.63 bits per heavy atom. The zero-order valence-corrected chi connectivity index (χ0v) is 15.9. The highest BCUT2D eigenvalue weighted by molar-refractivity contribution is 5.97. The Bertz CT molecular complexity index is 835. The van der Waals surface area contributed by atoms with E-state index in [0.29, 0.717) is 28.6 Å². The van der Waals surface area contributed by atoms with Gasteiger partial charge in [0.25, 0.3) is 6.23 Å². The van der Waals surface area contributed by atoms with Crippen molar-refractivity contribution in [2.24, 2.45) is 0 Å². The van der Waals surface area contributed by atoms with E-state index < -0.39 is 12.2 Å². The number of hydrogen-bond donors (Lipinski definition) is 1. The molecule has 0 radical (unpaired) electrons. The second kappa shape index (κ2) is 8.18. The van der Waals surface area contributed by atoms with Gasteiger partial charge in [0.1, 0.15) is 5.56 Å². The molecule has 0 aliphatic carbocycles. The first-order chi connectivity index (χ1) is 13.1. The van der Waals surface area contributed by atoms with Crippen molar-refractivity contribution in [3.05, 3.63) is 47.0 Å². The van der Waals surface area contributed by atoms with Crippen LogP contribution in [0.5, 0.6) is 23.0 Å². The molecule has 7 heteroatoms.